The second-order valence-corrected chi connectivity index (χ2v) is 5.60. The molecule has 3 rings (SSSR count). The normalized spacial score (nSPS) is 11.0. The lowest BCUT2D eigenvalue weighted by Gasteiger charge is -1.99. The molecule has 0 fully saturated rings. The van der Waals surface area contributed by atoms with Crippen LogP contribution in [0.3, 0.4) is 0 Å². The first-order valence-corrected chi connectivity index (χ1v) is 7.97. The third-order valence-electron chi connectivity index (χ3n) is 3.22. The van der Waals surface area contributed by atoms with Gasteiger partial charge in [-0.25, -0.2) is 4.98 Å². The Morgan fingerprint density at radius 3 is 2.82 bits per heavy atom. The Kier molecular flexibility index (Phi) is 4.56. The maximum Gasteiger partial charge on any atom is 0.203 e. The van der Waals surface area contributed by atoms with E-state index in [4.69, 9.17) is 0 Å². The molecule has 0 aliphatic rings. The summed E-state index contributed by atoms with van der Waals surface area (Å²) in [5, 5.41) is 6.98. The first-order valence-electron chi connectivity index (χ1n) is 7.09. The summed E-state index contributed by atoms with van der Waals surface area (Å²) in [6.45, 7) is 2.15. The summed E-state index contributed by atoms with van der Waals surface area (Å²) >= 11 is 1.54. The van der Waals surface area contributed by atoms with E-state index in [9.17, 15) is 0 Å². The molecule has 0 saturated heterocycles. The predicted octanol–water partition coefficient (Wildman–Crippen LogP) is 4.21. The largest absolute Gasteiger partial charge is 0.264 e. The molecule has 1 N–H and O–H groups in total. The Morgan fingerprint density at radius 1 is 1.23 bits per heavy atom. The van der Waals surface area contributed by atoms with Gasteiger partial charge in [-0.15, -0.1) is 11.3 Å². The minimum atomic E-state index is 0.773. The second kappa shape index (κ2) is 6.95. The van der Waals surface area contributed by atoms with E-state index >= 15 is 0 Å². The number of thiazole rings is 1. The van der Waals surface area contributed by atoms with E-state index in [0.29, 0.717) is 0 Å². The molecular formula is C17H16N4S. The van der Waals surface area contributed by atoms with Crippen LogP contribution in [0.5, 0.6) is 0 Å². The van der Waals surface area contributed by atoms with Crippen molar-refractivity contribution in [3.8, 4) is 11.3 Å². The molecule has 2 heterocycles. The van der Waals surface area contributed by atoms with E-state index in [1.54, 1.807) is 18.6 Å². The molecule has 0 radical (unpaired) electrons. The lowest BCUT2D eigenvalue weighted by molar-refractivity contribution is 1.14. The number of nitrogens with one attached hydrogen (secondary N) is 1. The fourth-order valence-corrected chi connectivity index (χ4v) is 2.65. The fraction of sp³-hybridized carbons (Fsp3) is 0.118. The van der Waals surface area contributed by atoms with Crippen LogP contribution >= 0.6 is 11.3 Å². The molecule has 0 aliphatic carbocycles. The Bertz CT molecular complexity index is 748. The van der Waals surface area contributed by atoms with Gasteiger partial charge in [0.05, 0.1) is 11.9 Å². The first kappa shape index (κ1) is 14.4. The highest BCUT2D eigenvalue weighted by molar-refractivity contribution is 7.14. The molecule has 0 saturated carbocycles. The standard InChI is InChI=1S/C17H16N4S/c1-2-13-5-7-15(8-6-13)16-12-22-17(20-16)21-19-11-14-4-3-9-18-10-14/h3-12H,2H2,1H3,(H,20,21)/b19-11+. The number of aryl methyl sites for hydroxylation is 1. The van der Waals surface area contributed by atoms with Crippen molar-refractivity contribution in [1.82, 2.24) is 9.97 Å². The zero-order valence-corrected chi connectivity index (χ0v) is 13.0. The molecule has 5 heteroatoms. The van der Waals surface area contributed by atoms with Crippen molar-refractivity contribution in [2.45, 2.75) is 13.3 Å². The molecular weight excluding hydrogens is 292 g/mol. The summed E-state index contributed by atoms with van der Waals surface area (Å²) in [5.74, 6) is 0. The van der Waals surface area contributed by atoms with Crippen LogP contribution in [-0.2, 0) is 6.42 Å². The third kappa shape index (κ3) is 3.56. The van der Waals surface area contributed by atoms with Crippen LogP contribution in [0.15, 0.2) is 59.3 Å². The van der Waals surface area contributed by atoms with E-state index < -0.39 is 0 Å². The van der Waals surface area contributed by atoms with Gasteiger partial charge in [-0.1, -0.05) is 37.3 Å². The van der Waals surface area contributed by atoms with E-state index in [1.807, 2.05) is 17.5 Å². The van der Waals surface area contributed by atoms with Gasteiger partial charge in [-0.3, -0.25) is 10.4 Å². The Morgan fingerprint density at radius 2 is 2.09 bits per heavy atom. The van der Waals surface area contributed by atoms with Gasteiger partial charge in [-0.2, -0.15) is 5.10 Å². The number of rotatable bonds is 5. The number of hydrogen-bond donors (Lipinski definition) is 1. The Balaban J connectivity index is 1.67. The number of aromatic nitrogens is 2. The van der Waals surface area contributed by atoms with Crippen molar-refractivity contribution in [1.29, 1.82) is 0 Å². The SMILES string of the molecule is CCc1ccc(-c2csc(N/N=C/c3cccnc3)n2)cc1. The quantitative estimate of drug-likeness (QED) is 0.567. The summed E-state index contributed by atoms with van der Waals surface area (Å²) in [4.78, 5) is 8.58. The van der Waals surface area contributed by atoms with Crippen molar-refractivity contribution < 1.29 is 0 Å². The fourth-order valence-electron chi connectivity index (χ4n) is 1.98. The van der Waals surface area contributed by atoms with Gasteiger partial charge in [0.25, 0.3) is 0 Å². The molecule has 1 aromatic carbocycles. The van der Waals surface area contributed by atoms with Crippen LogP contribution in [0.2, 0.25) is 0 Å². The van der Waals surface area contributed by atoms with Crippen LogP contribution in [0.25, 0.3) is 11.3 Å². The van der Waals surface area contributed by atoms with Crippen molar-refractivity contribution in [3.63, 3.8) is 0 Å². The highest BCUT2D eigenvalue weighted by Gasteiger charge is 2.03. The zero-order valence-electron chi connectivity index (χ0n) is 12.2. The van der Waals surface area contributed by atoms with E-state index in [2.05, 4.69) is 51.7 Å². The molecule has 0 amide bonds. The molecule has 0 spiro atoms. The molecule has 22 heavy (non-hydrogen) atoms. The average Bonchev–Trinajstić information content (AvgIpc) is 3.05. The number of nitrogens with zero attached hydrogens (tertiary/aromatic N) is 3. The highest BCUT2D eigenvalue weighted by Crippen LogP contribution is 2.25. The summed E-state index contributed by atoms with van der Waals surface area (Å²) in [7, 11) is 0. The first-order chi connectivity index (χ1) is 10.8. The van der Waals surface area contributed by atoms with Gasteiger partial charge >= 0.3 is 0 Å². The number of hydrogen-bond acceptors (Lipinski definition) is 5. The van der Waals surface area contributed by atoms with Crippen LogP contribution in [0.4, 0.5) is 5.13 Å². The lowest BCUT2D eigenvalue weighted by atomic mass is 10.1. The monoisotopic (exact) mass is 308 g/mol. The second-order valence-electron chi connectivity index (χ2n) is 4.74. The molecule has 3 aromatic rings. The molecule has 110 valence electrons. The average molecular weight is 308 g/mol. The minimum absolute atomic E-state index is 0.773. The van der Waals surface area contributed by atoms with E-state index in [0.717, 1.165) is 28.4 Å². The van der Waals surface area contributed by atoms with Crippen LogP contribution in [0.1, 0.15) is 18.1 Å². The molecule has 0 atom stereocenters. The Hall–Kier alpha value is -2.53. The number of benzene rings is 1. The summed E-state index contributed by atoms with van der Waals surface area (Å²) in [5.41, 5.74) is 7.32. The molecule has 2 aromatic heterocycles. The minimum Gasteiger partial charge on any atom is -0.264 e. The topological polar surface area (TPSA) is 50.2 Å². The smallest absolute Gasteiger partial charge is 0.203 e. The van der Waals surface area contributed by atoms with Crippen molar-refractivity contribution >= 4 is 22.7 Å². The highest BCUT2D eigenvalue weighted by atomic mass is 32.1. The summed E-state index contributed by atoms with van der Waals surface area (Å²) < 4.78 is 0. The summed E-state index contributed by atoms with van der Waals surface area (Å²) in [6, 6.07) is 12.3. The van der Waals surface area contributed by atoms with Gasteiger partial charge < -0.3 is 0 Å². The molecule has 4 nitrogen and oxygen atoms in total. The van der Waals surface area contributed by atoms with Crippen LogP contribution in [0, 0.1) is 0 Å². The van der Waals surface area contributed by atoms with Crippen molar-refractivity contribution in [2.24, 2.45) is 5.10 Å². The zero-order chi connectivity index (χ0) is 15.2. The predicted molar refractivity (Wildman–Crippen MR) is 92.4 cm³/mol. The molecule has 0 bridgehead atoms. The number of anilines is 1. The van der Waals surface area contributed by atoms with Gasteiger partial charge in [0.15, 0.2) is 0 Å². The number of pyridine rings is 1. The van der Waals surface area contributed by atoms with Crippen molar-refractivity contribution in [3.05, 3.63) is 65.3 Å². The van der Waals surface area contributed by atoms with Gasteiger partial charge in [0.1, 0.15) is 0 Å². The van der Waals surface area contributed by atoms with E-state index in [1.165, 1.54) is 16.9 Å². The maximum atomic E-state index is 4.55. The summed E-state index contributed by atoms with van der Waals surface area (Å²) in [6.07, 6.45) is 6.27. The number of hydrazone groups is 1. The third-order valence-corrected chi connectivity index (χ3v) is 3.97. The van der Waals surface area contributed by atoms with Gasteiger partial charge in [0, 0.05) is 28.9 Å². The van der Waals surface area contributed by atoms with Crippen LogP contribution < -0.4 is 5.43 Å². The molecule has 0 aliphatic heterocycles. The molecule has 0 unspecified atom stereocenters. The Labute approximate surface area is 133 Å². The van der Waals surface area contributed by atoms with E-state index in [-0.39, 0.29) is 0 Å². The maximum absolute atomic E-state index is 4.55. The van der Waals surface area contributed by atoms with Crippen LogP contribution in [-0.4, -0.2) is 16.2 Å². The lowest BCUT2D eigenvalue weighted by Crippen LogP contribution is -1.90. The van der Waals surface area contributed by atoms with Gasteiger partial charge in [-0.05, 0) is 18.1 Å². The van der Waals surface area contributed by atoms with Gasteiger partial charge in [0.2, 0.25) is 5.13 Å². The van der Waals surface area contributed by atoms with Crippen molar-refractivity contribution in [2.75, 3.05) is 5.43 Å².